The average Bonchev–Trinajstić information content (AvgIpc) is 2.83. The van der Waals surface area contributed by atoms with Gasteiger partial charge in [0.1, 0.15) is 67.1 Å². The van der Waals surface area contributed by atoms with Crippen molar-refractivity contribution in [2.75, 3.05) is 26.4 Å². The highest BCUT2D eigenvalue weighted by Crippen LogP contribution is 2.27. The van der Waals surface area contributed by atoms with Crippen LogP contribution in [-0.4, -0.2) is 173 Å². The maximum atomic E-state index is 9.84. The van der Waals surface area contributed by atoms with Crippen molar-refractivity contribution in [1.82, 2.24) is 0 Å². The van der Waals surface area contributed by atoms with Gasteiger partial charge >= 0.3 is 0 Å². The number of aliphatic hydroxyl groups is 13. The summed E-state index contributed by atoms with van der Waals surface area (Å²) in [6.07, 6.45) is -19.9. The summed E-state index contributed by atoms with van der Waals surface area (Å²) in [5.74, 6) is 0. The van der Waals surface area contributed by atoms with Crippen molar-refractivity contribution in [3.05, 3.63) is 0 Å². The predicted molar refractivity (Wildman–Crippen MR) is 101 cm³/mol. The van der Waals surface area contributed by atoms with Gasteiger partial charge in [-0.25, -0.2) is 0 Å². The van der Waals surface area contributed by atoms with Crippen LogP contribution in [-0.2, 0) is 14.2 Å². The summed E-state index contributed by atoms with van der Waals surface area (Å²) in [5, 5.41) is 119. The fourth-order valence-corrected chi connectivity index (χ4v) is 2.96. The van der Waals surface area contributed by atoms with Gasteiger partial charge in [-0.05, 0) is 0 Å². The molecule has 2 fully saturated rings. The Kier molecular flexibility index (Phi) is 12.9. The smallest absolute Gasteiger partial charge is 0.189 e. The van der Waals surface area contributed by atoms with Crippen molar-refractivity contribution < 1.29 is 80.6 Å². The van der Waals surface area contributed by atoms with E-state index in [-0.39, 0.29) is 0 Å². The number of ether oxygens (including phenoxy) is 3. The molecule has 0 amide bonds. The van der Waals surface area contributed by atoms with E-state index in [1.165, 1.54) is 0 Å². The number of hydrogen-bond donors (Lipinski definition) is 13. The molecule has 0 aromatic rings. The van der Waals surface area contributed by atoms with Gasteiger partial charge in [-0.3, -0.25) is 0 Å². The first kappa shape index (κ1) is 30.4. The molecule has 33 heavy (non-hydrogen) atoms. The molecular weight excluding hydrogens is 460 g/mol. The van der Waals surface area contributed by atoms with Gasteiger partial charge < -0.3 is 80.6 Å². The Balaban J connectivity index is 0.000000461. The highest BCUT2D eigenvalue weighted by molar-refractivity contribution is 4.92. The largest absolute Gasteiger partial charge is 0.394 e. The zero-order chi connectivity index (χ0) is 25.5. The summed E-state index contributed by atoms with van der Waals surface area (Å²) in [4.78, 5) is 0. The van der Waals surface area contributed by atoms with Crippen LogP contribution in [0.3, 0.4) is 0 Å². The van der Waals surface area contributed by atoms with Gasteiger partial charge in [0.25, 0.3) is 0 Å². The van der Waals surface area contributed by atoms with Crippen LogP contribution in [0, 0.1) is 0 Å². The van der Waals surface area contributed by atoms with Crippen LogP contribution in [0.1, 0.15) is 0 Å². The maximum absolute atomic E-state index is 9.84. The fraction of sp³-hybridized carbons (Fsp3) is 1.00. The lowest BCUT2D eigenvalue weighted by Gasteiger charge is -2.44. The van der Waals surface area contributed by atoms with Crippen molar-refractivity contribution in [3.8, 4) is 0 Å². The normalized spacial score (nSPS) is 42.1. The molecule has 0 bridgehead atoms. The molecule has 2 heterocycles. The van der Waals surface area contributed by atoms with Crippen LogP contribution in [0.4, 0.5) is 0 Å². The van der Waals surface area contributed by atoms with E-state index in [1.807, 2.05) is 0 Å². The topological polar surface area (TPSA) is 291 Å². The van der Waals surface area contributed by atoms with E-state index in [9.17, 15) is 30.6 Å². The van der Waals surface area contributed by atoms with E-state index < -0.39 is 106 Å². The van der Waals surface area contributed by atoms with Crippen LogP contribution in [0.25, 0.3) is 0 Å². The zero-order valence-corrected chi connectivity index (χ0v) is 17.4. The summed E-state index contributed by atoms with van der Waals surface area (Å²) in [5.41, 5.74) is 0. The number of hydrogen-bond acceptors (Lipinski definition) is 16. The third kappa shape index (κ3) is 7.67. The Morgan fingerprint density at radius 2 is 0.879 bits per heavy atom. The molecular formula is C17H34O16. The molecule has 2 aliphatic heterocycles. The molecule has 0 radical (unpaired) electrons. The SMILES string of the molecule is OC[C@@H](O)[C@H](O)[C@@H](O)CO.OC[C@H]1O[C@H](O[C@H]2O[C@H](CO)[C@@H](O)[C@H](O)[C@H]2O)[C@H](O)[C@@H](O)[C@@H]1O. The molecule has 13 N–H and O–H groups in total. The fourth-order valence-electron chi connectivity index (χ4n) is 2.96. The van der Waals surface area contributed by atoms with Gasteiger partial charge in [0.05, 0.1) is 26.4 Å². The Morgan fingerprint density at radius 3 is 1.15 bits per heavy atom. The molecule has 0 spiro atoms. The first-order valence-electron chi connectivity index (χ1n) is 9.97. The summed E-state index contributed by atoms with van der Waals surface area (Å²) in [7, 11) is 0. The number of aliphatic hydroxyl groups excluding tert-OH is 13. The molecule has 198 valence electrons. The second-order valence-electron chi connectivity index (χ2n) is 7.52. The lowest BCUT2D eigenvalue weighted by atomic mass is 9.98. The third-order valence-corrected chi connectivity index (χ3v) is 5.13. The molecule has 0 aromatic heterocycles. The van der Waals surface area contributed by atoms with E-state index in [4.69, 9.17) is 50.0 Å². The van der Waals surface area contributed by atoms with Crippen LogP contribution in [0.5, 0.6) is 0 Å². The minimum Gasteiger partial charge on any atom is -0.394 e. The van der Waals surface area contributed by atoms with Crippen molar-refractivity contribution in [1.29, 1.82) is 0 Å². The summed E-state index contributed by atoms with van der Waals surface area (Å²) >= 11 is 0. The molecule has 0 aliphatic carbocycles. The lowest BCUT2D eigenvalue weighted by molar-refractivity contribution is -0.376. The van der Waals surface area contributed by atoms with Gasteiger partial charge in [-0.2, -0.15) is 0 Å². The van der Waals surface area contributed by atoms with E-state index in [1.54, 1.807) is 0 Å². The standard InChI is InChI=1S/C12H22O11.C5H12O5/c13-1-3-5(15)7(17)9(19)11(21-3)23-12-10(20)8(18)6(16)4(2-14)22-12;6-1-3(8)5(10)4(9)2-7/h3-20H,1-2H2;3-10H,1-2H2/t3-,4-,5-,6-,7+,8+,9-,10-,11-,12-;3-,4+,5+/m1./s1. The van der Waals surface area contributed by atoms with Crippen LogP contribution >= 0.6 is 0 Å². The first-order valence-corrected chi connectivity index (χ1v) is 9.97. The second kappa shape index (κ2) is 14.0. The molecule has 2 aliphatic rings. The lowest BCUT2D eigenvalue weighted by Crippen LogP contribution is -2.63. The van der Waals surface area contributed by atoms with Crippen molar-refractivity contribution in [2.45, 2.75) is 79.7 Å². The van der Waals surface area contributed by atoms with Crippen LogP contribution in [0.15, 0.2) is 0 Å². The minimum atomic E-state index is -1.72. The summed E-state index contributed by atoms with van der Waals surface area (Å²) in [6.45, 7) is -2.62. The van der Waals surface area contributed by atoms with E-state index in [0.29, 0.717) is 0 Å². The maximum Gasteiger partial charge on any atom is 0.189 e. The Bertz CT molecular complexity index is 493. The second-order valence-corrected chi connectivity index (χ2v) is 7.52. The van der Waals surface area contributed by atoms with Crippen LogP contribution in [0.2, 0.25) is 0 Å². The van der Waals surface area contributed by atoms with Crippen molar-refractivity contribution in [3.63, 3.8) is 0 Å². The Hall–Kier alpha value is -0.640. The van der Waals surface area contributed by atoms with Crippen molar-refractivity contribution in [2.24, 2.45) is 0 Å². The van der Waals surface area contributed by atoms with E-state index in [0.717, 1.165) is 0 Å². The average molecular weight is 494 g/mol. The molecule has 0 unspecified atom stereocenters. The highest BCUT2D eigenvalue weighted by atomic mass is 16.8. The molecule has 0 aromatic carbocycles. The van der Waals surface area contributed by atoms with E-state index in [2.05, 4.69) is 0 Å². The Morgan fingerprint density at radius 1 is 0.545 bits per heavy atom. The summed E-state index contributed by atoms with van der Waals surface area (Å²) < 4.78 is 15.3. The molecule has 13 atom stereocenters. The highest BCUT2D eigenvalue weighted by Gasteiger charge is 2.49. The summed E-state index contributed by atoms with van der Waals surface area (Å²) in [6, 6.07) is 0. The molecule has 2 rings (SSSR count). The van der Waals surface area contributed by atoms with Gasteiger partial charge in [-0.15, -0.1) is 0 Å². The quantitative estimate of drug-likeness (QED) is 0.149. The number of rotatable bonds is 8. The minimum absolute atomic E-state index is 0.641. The molecule has 16 nitrogen and oxygen atoms in total. The van der Waals surface area contributed by atoms with Gasteiger partial charge in [0, 0.05) is 0 Å². The molecule has 16 heteroatoms. The first-order chi connectivity index (χ1) is 15.4. The third-order valence-electron chi connectivity index (χ3n) is 5.13. The van der Waals surface area contributed by atoms with Crippen LogP contribution < -0.4 is 0 Å². The van der Waals surface area contributed by atoms with Gasteiger partial charge in [-0.1, -0.05) is 0 Å². The van der Waals surface area contributed by atoms with Gasteiger partial charge in [0.15, 0.2) is 12.6 Å². The Labute approximate surface area is 187 Å². The monoisotopic (exact) mass is 494 g/mol. The molecule has 2 saturated heterocycles. The predicted octanol–water partition coefficient (Wildman–Crippen LogP) is -8.34. The molecule has 0 saturated carbocycles. The van der Waals surface area contributed by atoms with Crippen molar-refractivity contribution >= 4 is 0 Å². The van der Waals surface area contributed by atoms with Gasteiger partial charge in [0.2, 0.25) is 0 Å². The zero-order valence-electron chi connectivity index (χ0n) is 17.4. The van der Waals surface area contributed by atoms with E-state index >= 15 is 0 Å².